The van der Waals surface area contributed by atoms with E-state index in [9.17, 15) is 18.3 Å². The molecule has 3 aromatic carbocycles. The van der Waals surface area contributed by atoms with Gasteiger partial charge in [0.2, 0.25) is 10.0 Å². The molecule has 2 N–H and O–H groups in total. The summed E-state index contributed by atoms with van der Waals surface area (Å²) in [6.07, 6.45) is 2.83. The smallest absolute Gasteiger partial charge is 0.212 e. The minimum Gasteiger partial charge on any atom is -0.388 e. The van der Waals surface area contributed by atoms with Gasteiger partial charge in [0, 0.05) is 24.7 Å². The first-order chi connectivity index (χ1) is 18.5. The molecule has 2 aliphatic rings. The zero-order chi connectivity index (χ0) is 27.7. The van der Waals surface area contributed by atoms with Gasteiger partial charge in [0.25, 0.3) is 0 Å². The van der Waals surface area contributed by atoms with Crippen molar-refractivity contribution in [3.8, 4) is 0 Å². The minimum atomic E-state index is -3.93. The molecule has 0 amide bonds. The van der Waals surface area contributed by atoms with E-state index in [0.29, 0.717) is 19.3 Å². The largest absolute Gasteiger partial charge is 0.388 e. The van der Waals surface area contributed by atoms with Crippen LogP contribution in [-0.2, 0) is 34.1 Å². The van der Waals surface area contributed by atoms with Crippen molar-refractivity contribution >= 4 is 15.8 Å². The number of benzene rings is 3. The molecule has 0 unspecified atom stereocenters. The molecular formula is C33H39NO4S. The molecule has 3 aromatic rings. The average Bonchev–Trinajstić information content (AvgIpc) is 3.24. The third-order valence-corrected chi connectivity index (χ3v) is 11.1. The van der Waals surface area contributed by atoms with Crippen molar-refractivity contribution in [2.24, 2.45) is 16.7 Å². The summed E-state index contributed by atoms with van der Waals surface area (Å²) in [6.45, 7) is 4.10. The maximum Gasteiger partial charge on any atom is 0.212 e. The van der Waals surface area contributed by atoms with Gasteiger partial charge >= 0.3 is 0 Å². The van der Waals surface area contributed by atoms with Crippen molar-refractivity contribution in [3.63, 3.8) is 0 Å². The number of aliphatic hydroxyl groups is 1. The number of fused-ring (bicyclic) bond motifs is 2. The van der Waals surface area contributed by atoms with Gasteiger partial charge in [-0.05, 0) is 47.3 Å². The fourth-order valence-corrected chi connectivity index (χ4v) is 9.24. The van der Waals surface area contributed by atoms with Crippen molar-refractivity contribution in [1.82, 2.24) is 4.72 Å². The van der Waals surface area contributed by atoms with Gasteiger partial charge in [0.1, 0.15) is 5.78 Å². The van der Waals surface area contributed by atoms with E-state index in [1.807, 2.05) is 105 Å². The first kappa shape index (κ1) is 27.8. The van der Waals surface area contributed by atoms with Crippen LogP contribution in [0, 0.1) is 16.7 Å². The average molecular weight is 546 g/mol. The molecule has 0 aromatic heterocycles. The molecule has 5 nitrogen and oxygen atoms in total. The highest BCUT2D eigenvalue weighted by atomic mass is 32.2. The lowest BCUT2D eigenvalue weighted by molar-refractivity contribution is -0.128. The SMILES string of the molecule is CC1(C)[C@@H]2CC[C@@]1(CS(=O)(=O)N[C@@H](Cc1ccccc1)C(O)(Cc1ccccc1)Cc1ccccc1)C(=O)C2. The molecular weight excluding hydrogens is 506 g/mol. The Balaban J connectivity index is 1.52. The lowest BCUT2D eigenvalue weighted by atomic mass is 9.70. The fraction of sp³-hybridized carbons (Fsp3) is 0.424. The first-order valence-electron chi connectivity index (χ1n) is 13.9. The molecule has 0 aliphatic heterocycles. The van der Waals surface area contributed by atoms with E-state index in [1.165, 1.54) is 0 Å². The quantitative estimate of drug-likeness (QED) is 0.350. The van der Waals surface area contributed by atoms with Crippen molar-refractivity contribution in [2.75, 3.05) is 5.75 Å². The standard InChI is InChI=1S/C33H39NO4S/c1-31(2)28-18-19-32(31,30(35)21-28)24-39(37,38)34-29(20-25-12-6-3-7-13-25)33(36,22-26-14-8-4-9-15-26)23-27-16-10-5-11-17-27/h3-17,28-29,34,36H,18-24H2,1-2H3/t28-,29+,32-/m1/s1. The number of sulfonamides is 1. The molecule has 0 radical (unpaired) electrons. The number of carbonyl (C=O) groups is 1. The molecule has 2 aliphatic carbocycles. The highest BCUT2D eigenvalue weighted by Crippen LogP contribution is 2.64. The summed E-state index contributed by atoms with van der Waals surface area (Å²) in [7, 11) is -3.93. The number of nitrogens with one attached hydrogen (secondary N) is 1. The van der Waals surface area contributed by atoms with Crippen LogP contribution in [-0.4, -0.2) is 36.7 Å². The van der Waals surface area contributed by atoms with Crippen LogP contribution in [0.1, 0.15) is 49.8 Å². The zero-order valence-electron chi connectivity index (χ0n) is 22.8. The second-order valence-electron chi connectivity index (χ2n) is 12.2. The predicted molar refractivity (Wildman–Crippen MR) is 155 cm³/mol. The first-order valence-corrected chi connectivity index (χ1v) is 15.6. The van der Waals surface area contributed by atoms with E-state index >= 15 is 0 Å². The minimum absolute atomic E-state index is 0.0672. The third-order valence-electron chi connectivity index (χ3n) is 9.53. The van der Waals surface area contributed by atoms with E-state index in [1.54, 1.807) is 0 Å². The van der Waals surface area contributed by atoms with Crippen LogP contribution < -0.4 is 4.72 Å². The van der Waals surface area contributed by atoms with Crippen LogP contribution >= 0.6 is 0 Å². The van der Waals surface area contributed by atoms with E-state index in [-0.39, 0.29) is 35.7 Å². The van der Waals surface area contributed by atoms with Gasteiger partial charge in [-0.3, -0.25) is 4.79 Å². The van der Waals surface area contributed by atoms with Gasteiger partial charge in [-0.2, -0.15) is 0 Å². The third kappa shape index (κ3) is 5.60. The van der Waals surface area contributed by atoms with E-state index in [0.717, 1.165) is 23.1 Å². The Morgan fingerprint density at radius 1 is 0.872 bits per heavy atom. The summed E-state index contributed by atoms with van der Waals surface area (Å²) in [6, 6.07) is 28.3. The van der Waals surface area contributed by atoms with Crippen LogP contribution in [0.15, 0.2) is 91.0 Å². The Morgan fingerprint density at radius 2 is 1.36 bits per heavy atom. The fourth-order valence-electron chi connectivity index (χ4n) is 7.09. The van der Waals surface area contributed by atoms with Gasteiger partial charge < -0.3 is 5.11 Å². The molecule has 6 heteroatoms. The van der Waals surface area contributed by atoms with Gasteiger partial charge in [0.05, 0.1) is 17.4 Å². The van der Waals surface area contributed by atoms with Crippen LogP contribution in [0.3, 0.4) is 0 Å². The van der Waals surface area contributed by atoms with Crippen LogP contribution in [0.5, 0.6) is 0 Å². The summed E-state index contributed by atoms with van der Waals surface area (Å²) >= 11 is 0. The van der Waals surface area contributed by atoms with Gasteiger partial charge in [-0.1, -0.05) is 105 Å². The Morgan fingerprint density at radius 3 is 1.79 bits per heavy atom. The molecule has 5 rings (SSSR count). The summed E-state index contributed by atoms with van der Waals surface area (Å²) in [4.78, 5) is 13.2. The normalized spacial score (nSPS) is 23.2. The van der Waals surface area contributed by atoms with Gasteiger partial charge in [-0.15, -0.1) is 0 Å². The molecule has 0 spiro atoms. The van der Waals surface area contributed by atoms with Gasteiger partial charge in [-0.25, -0.2) is 13.1 Å². The molecule has 2 saturated carbocycles. The van der Waals surface area contributed by atoms with E-state index in [2.05, 4.69) is 4.72 Å². The highest BCUT2D eigenvalue weighted by molar-refractivity contribution is 7.89. The van der Waals surface area contributed by atoms with Crippen molar-refractivity contribution in [3.05, 3.63) is 108 Å². The zero-order valence-corrected chi connectivity index (χ0v) is 23.7. The maximum absolute atomic E-state index is 14.0. The Labute approximate surface area is 232 Å². The van der Waals surface area contributed by atoms with E-state index < -0.39 is 27.1 Å². The molecule has 2 fully saturated rings. The van der Waals surface area contributed by atoms with Crippen LogP contribution in [0.2, 0.25) is 0 Å². The highest BCUT2D eigenvalue weighted by Gasteiger charge is 2.65. The lowest BCUT2D eigenvalue weighted by Gasteiger charge is -2.40. The molecule has 0 saturated heterocycles. The van der Waals surface area contributed by atoms with Crippen molar-refractivity contribution in [1.29, 1.82) is 0 Å². The number of Topliss-reactive ketones (excluding diaryl/α,β-unsaturated/α-hetero) is 1. The number of hydrogen-bond donors (Lipinski definition) is 2. The monoisotopic (exact) mass is 545 g/mol. The summed E-state index contributed by atoms with van der Waals surface area (Å²) in [5.74, 6) is 0.0615. The second-order valence-corrected chi connectivity index (χ2v) is 14.0. The molecule has 3 atom stereocenters. The molecule has 39 heavy (non-hydrogen) atoms. The van der Waals surface area contributed by atoms with Crippen molar-refractivity contribution < 1.29 is 18.3 Å². The number of ketones is 1. The summed E-state index contributed by atoms with van der Waals surface area (Å²) in [5, 5.41) is 12.5. The van der Waals surface area contributed by atoms with Gasteiger partial charge in [0.15, 0.2) is 0 Å². The summed E-state index contributed by atoms with van der Waals surface area (Å²) in [5.41, 5.74) is 0.128. The van der Waals surface area contributed by atoms with E-state index in [4.69, 9.17) is 0 Å². The predicted octanol–water partition coefficient (Wildman–Crippen LogP) is 5.13. The Kier molecular flexibility index (Phi) is 7.57. The van der Waals surface area contributed by atoms with Crippen LogP contribution in [0.25, 0.3) is 0 Å². The van der Waals surface area contributed by atoms with Crippen LogP contribution in [0.4, 0.5) is 0 Å². The molecule has 206 valence electrons. The molecule has 0 heterocycles. The Hall–Kier alpha value is -2.80. The molecule has 2 bridgehead atoms. The second kappa shape index (κ2) is 10.6. The maximum atomic E-state index is 14.0. The Bertz CT molecular complexity index is 1350. The van der Waals surface area contributed by atoms with Crippen molar-refractivity contribution in [2.45, 2.75) is 64.0 Å². The lowest BCUT2D eigenvalue weighted by Crippen LogP contribution is -2.58. The number of carbonyl (C=O) groups excluding carboxylic acids is 1. The topological polar surface area (TPSA) is 83.5 Å². The number of hydrogen-bond acceptors (Lipinski definition) is 4. The summed E-state index contributed by atoms with van der Waals surface area (Å²) < 4.78 is 30.9. The number of rotatable bonds is 11.